The fraction of sp³-hybridized carbons (Fsp3) is 0.435. The Morgan fingerprint density at radius 1 is 1.00 bits per heavy atom. The summed E-state index contributed by atoms with van der Waals surface area (Å²) in [7, 11) is -3.63. The Balaban J connectivity index is 1.54. The van der Waals surface area contributed by atoms with Crippen molar-refractivity contribution < 1.29 is 13.2 Å². The lowest BCUT2D eigenvalue weighted by molar-refractivity contribution is 0.0940. The lowest BCUT2D eigenvalue weighted by Gasteiger charge is -2.26. The van der Waals surface area contributed by atoms with Crippen molar-refractivity contribution in [2.45, 2.75) is 56.4 Å². The van der Waals surface area contributed by atoms with Crippen molar-refractivity contribution in [2.75, 3.05) is 13.1 Å². The molecule has 2 aromatic carbocycles. The largest absolute Gasteiger partial charge is 0.345 e. The third-order valence-corrected chi connectivity index (χ3v) is 8.33. The van der Waals surface area contributed by atoms with Gasteiger partial charge in [0, 0.05) is 13.1 Å². The first-order chi connectivity index (χ1) is 14.4. The molecule has 0 radical (unpaired) electrons. The number of halogens is 1. The molecule has 2 aliphatic rings. The average molecular weight is 447 g/mol. The monoisotopic (exact) mass is 446 g/mol. The second-order valence-electron chi connectivity index (χ2n) is 8.18. The van der Waals surface area contributed by atoms with E-state index >= 15 is 0 Å². The number of sulfonamides is 1. The Morgan fingerprint density at radius 2 is 1.73 bits per heavy atom. The fourth-order valence-electron chi connectivity index (χ4n) is 4.31. The van der Waals surface area contributed by atoms with E-state index in [2.05, 4.69) is 17.4 Å². The van der Waals surface area contributed by atoms with Crippen LogP contribution < -0.4 is 5.32 Å². The number of benzene rings is 2. The zero-order valence-electron chi connectivity index (χ0n) is 17.2. The van der Waals surface area contributed by atoms with Gasteiger partial charge >= 0.3 is 0 Å². The molecule has 2 aromatic rings. The van der Waals surface area contributed by atoms with Crippen LogP contribution in [0, 0.1) is 0 Å². The number of rotatable bonds is 5. The van der Waals surface area contributed by atoms with Gasteiger partial charge < -0.3 is 5.32 Å². The van der Waals surface area contributed by atoms with Crippen molar-refractivity contribution in [3.05, 3.63) is 63.7 Å². The molecular formula is C23H27ClN2O3S. The van der Waals surface area contributed by atoms with E-state index in [1.165, 1.54) is 40.1 Å². The van der Waals surface area contributed by atoms with Gasteiger partial charge in [0.25, 0.3) is 5.91 Å². The summed E-state index contributed by atoms with van der Waals surface area (Å²) in [5.74, 6) is -0.372. The lowest BCUT2D eigenvalue weighted by atomic mass is 10.0. The molecule has 160 valence electrons. The van der Waals surface area contributed by atoms with Gasteiger partial charge in [-0.2, -0.15) is 4.31 Å². The maximum absolute atomic E-state index is 13.0. The maximum Gasteiger partial charge on any atom is 0.253 e. The zero-order valence-corrected chi connectivity index (χ0v) is 18.7. The molecule has 1 fully saturated rings. The highest BCUT2D eigenvalue weighted by atomic mass is 35.5. The molecule has 1 atom stereocenters. The number of nitrogens with zero attached hydrogens (tertiary/aromatic N) is 1. The molecule has 4 rings (SSSR count). The van der Waals surface area contributed by atoms with Crippen molar-refractivity contribution in [3.63, 3.8) is 0 Å². The Labute approximate surface area is 183 Å². The fourth-order valence-corrected chi connectivity index (χ4v) is 6.06. The van der Waals surface area contributed by atoms with Gasteiger partial charge in [0.1, 0.15) is 0 Å². The van der Waals surface area contributed by atoms with Crippen LogP contribution in [0.1, 0.15) is 65.7 Å². The molecular weight excluding hydrogens is 420 g/mol. The number of fused-ring (bicyclic) bond motifs is 1. The Bertz CT molecular complexity index is 1060. The van der Waals surface area contributed by atoms with Gasteiger partial charge in [-0.15, -0.1) is 0 Å². The number of nitrogens with one attached hydrogen (secondary N) is 1. The third-order valence-electron chi connectivity index (χ3n) is 6.11. The van der Waals surface area contributed by atoms with E-state index in [0.717, 1.165) is 37.7 Å². The molecule has 7 heteroatoms. The van der Waals surface area contributed by atoms with Crippen LogP contribution in [0.2, 0.25) is 5.02 Å². The third kappa shape index (κ3) is 4.27. The van der Waals surface area contributed by atoms with Gasteiger partial charge in [-0.25, -0.2) is 8.42 Å². The quantitative estimate of drug-likeness (QED) is 0.735. The first-order valence-corrected chi connectivity index (χ1v) is 12.4. The van der Waals surface area contributed by atoms with Gasteiger partial charge in [-0.1, -0.05) is 36.2 Å². The van der Waals surface area contributed by atoms with Gasteiger partial charge in [0.2, 0.25) is 10.0 Å². The van der Waals surface area contributed by atoms with E-state index in [1.807, 2.05) is 13.0 Å². The predicted molar refractivity (Wildman–Crippen MR) is 118 cm³/mol. The van der Waals surface area contributed by atoms with Crippen LogP contribution in [0.15, 0.2) is 41.3 Å². The van der Waals surface area contributed by atoms with Crippen molar-refractivity contribution in [1.82, 2.24) is 9.62 Å². The summed E-state index contributed by atoms with van der Waals surface area (Å²) >= 11 is 6.26. The summed E-state index contributed by atoms with van der Waals surface area (Å²) < 4.78 is 27.4. The highest BCUT2D eigenvalue weighted by Gasteiger charge is 2.27. The van der Waals surface area contributed by atoms with Crippen LogP contribution in [0.3, 0.4) is 0 Å². The average Bonchev–Trinajstić information content (AvgIpc) is 3.22. The molecule has 0 saturated carbocycles. The molecule has 0 spiro atoms. The van der Waals surface area contributed by atoms with Crippen molar-refractivity contribution >= 4 is 27.5 Å². The minimum absolute atomic E-state index is 0.115. The first kappa shape index (κ1) is 21.3. The summed E-state index contributed by atoms with van der Waals surface area (Å²) in [5, 5.41) is 3.21. The second kappa shape index (κ2) is 8.69. The molecule has 1 heterocycles. The normalized spacial score (nSPS) is 18.1. The van der Waals surface area contributed by atoms with E-state index in [1.54, 1.807) is 0 Å². The maximum atomic E-state index is 13.0. The second-order valence-corrected chi connectivity index (χ2v) is 10.5. The smallest absolute Gasteiger partial charge is 0.253 e. The van der Waals surface area contributed by atoms with Crippen LogP contribution in [-0.2, 0) is 22.9 Å². The number of hydrogen-bond acceptors (Lipinski definition) is 3. The highest BCUT2D eigenvalue weighted by Crippen LogP contribution is 2.27. The zero-order chi connectivity index (χ0) is 21.3. The molecule has 1 amide bonds. The van der Waals surface area contributed by atoms with Gasteiger partial charge in [0.05, 0.1) is 21.5 Å². The van der Waals surface area contributed by atoms with Crippen LogP contribution >= 0.6 is 11.6 Å². The highest BCUT2D eigenvalue weighted by molar-refractivity contribution is 7.89. The summed E-state index contributed by atoms with van der Waals surface area (Å²) in [5.41, 5.74) is 3.96. The molecule has 1 N–H and O–H groups in total. The molecule has 0 aromatic heterocycles. The van der Waals surface area contributed by atoms with Gasteiger partial charge in [0.15, 0.2) is 0 Å². The number of amides is 1. The van der Waals surface area contributed by atoms with E-state index in [9.17, 15) is 13.2 Å². The number of carbonyl (C=O) groups is 1. The molecule has 1 aliphatic heterocycles. The molecule has 1 aliphatic carbocycles. The molecule has 1 saturated heterocycles. The van der Waals surface area contributed by atoms with Crippen molar-refractivity contribution in [3.8, 4) is 0 Å². The number of carbonyl (C=O) groups excluding carboxylic acids is 1. The minimum atomic E-state index is -3.63. The summed E-state index contributed by atoms with van der Waals surface area (Å²) in [4.78, 5) is 13.0. The topological polar surface area (TPSA) is 66.5 Å². The number of hydrogen-bond donors (Lipinski definition) is 1. The van der Waals surface area contributed by atoms with E-state index < -0.39 is 10.0 Å². The van der Waals surface area contributed by atoms with E-state index in [4.69, 9.17) is 11.6 Å². The van der Waals surface area contributed by atoms with Crippen molar-refractivity contribution in [2.24, 2.45) is 0 Å². The van der Waals surface area contributed by atoms with Crippen LogP contribution in [-0.4, -0.2) is 31.7 Å². The Hall–Kier alpha value is -1.89. The summed E-state index contributed by atoms with van der Waals surface area (Å²) in [6, 6.07) is 10.5. The van der Waals surface area contributed by atoms with Crippen LogP contribution in [0.4, 0.5) is 0 Å². The van der Waals surface area contributed by atoms with Gasteiger partial charge in [-0.3, -0.25) is 4.79 Å². The molecule has 5 nitrogen and oxygen atoms in total. The Morgan fingerprint density at radius 3 is 2.50 bits per heavy atom. The standard InChI is InChI=1S/C23H27ClN2O3S/c1-16(18-9-8-17-6-5-7-19(17)14-18)25-23(27)21-15-20(10-11-22(21)24)30(28,29)26-12-3-2-4-13-26/h8-11,14-16H,2-7,12-13H2,1H3,(H,25,27)/t16-/m0/s1. The van der Waals surface area contributed by atoms with E-state index in [-0.39, 0.29) is 27.4 Å². The lowest BCUT2D eigenvalue weighted by Crippen LogP contribution is -2.35. The first-order valence-electron chi connectivity index (χ1n) is 10.6. The molecule has 30 heavy (non-hydrogen) atoms. The summed E-state index contributed by atoms with van der Waals surface area (Å²) in [6.07, 6.45) is 6.13. The van der Waals surface area contributed by atoms with Gasteiger partial charge in [-0.05, 0) is 73.9 Å². The van der Waals surface area contributed by atoms with E-state index in [0.29, 0.717) is 13.1 Å². The molecule has 0 unspecified atom stereocenters. The summed E-state index contributed by atoms with van der Waals surface area (Å²) in [6.45, 7) is 2.96. The van der Waals surface area contributed by atoms with Crippen molar-refractivity contribution in [1.29, 1.82) is 0 Å². The SMILES string of the molecule is C[C@H](NC(=O)c1cc(S(=O)(=O)N2CCCCC2)ccc1Cl)c1ccc2c(c1)CCC2. The molecule has 0 bridgehead atoms. The number of aryl methyl sites for hydroxylation is 2. The predicted octanol–water partition coefficient (Wildman–Crippen LogP) is 4.49. The Kier molecular flexibility index (Phi) is 6.19. The minimum Gasteiger partial charge on any atom is -0.345 e. The number of piperidine rings is 1. The van der Waals surface area contributed by atoms with Crippen LogP contribution in [0.5, 0.6) is 0 Å². The van der Waals surface area contributed by atoms with Crippen LogP contribution in [0.25, 0.3) is 0 Å².